The third kappa shape index (κ3) is 5.67. The Morgan fingerprint density at radius 2 is 1.74 bits per heavy atom. The molecule has 0 aromatic heterocycles. The molecule has 0 aliphatic carbocycles. The third-order valence-corrected chi connectivity index (χ3v) is 3.28. The molecule has 0 radical (unpaired) electrons. The van der Waals surface area contributed by atoms with Gasteiger partial charge in [0, 0.05) is 13.1 Å². The first-order valence-electron chi connectivity index (χ1n) is 7.24. The normalized spacial score (nSPS) is 11.8. The van der Waals surface area contributed by atoms with Gasteiger partial charge >= 0.3 is 6.03 Å². The van der Waals surface area contributed by atoms with E-state index < -0.39 is 18.0 Å². The second kappa shape index (κ2) is 8.24. The Balaban J connectivity index is 1.70. The summed E-state index contributed by atoms with van der Waals surface area (Å²) in [4.78, 5) is 11.6. The van der Waals surface area contributed by atoms with E-state index in [-0.39, 0.29) is 12.4 Å². The first-order valence-corrected chi connectivity index (χ1v) is 7.24. The van der Waals surface area contributed by atoms with Crippen LogP contribution in [0.25, 0.3) is 0 Å². The summed E-state index contributed by atoms with van der Waals surface area (Å²) in [7, 11) is 0. The number of urea groups is 1. The van der Waals surface area contributed by atoms with Gasteiger partial charge in [-0.15, -0.1) is 0 Å². The molecule has 1 atom stereocenters. The van der Waals surface area contributed by atoms with Gasteiger partial charge in [0.05, 0.1) is 6.10 Å². The van der Waals surface area contributed by atoms with Crippen molar-refractivity contribution in [3.8, 4) is 0 Å². The molecule has 2 amide bonds. The maximum absolute atomic E-state index is 13.0. The average Bonchev–Trinajstić information content (AvgIpc) is 2.52. The van der Waals surface area contributed by atoms with Crippen LogP contribution in [-0.4, -0.2) is 24.2 Å². The van der Waals surface area contributed by atoms with E-state index in [0.717, 1.165) is 5.56 Å². The number of nitrogens with one attached hydrogen (secondary N) is 2. The molecular weight excluding hydrogens is 302 g/mol. The van der Waals surface area contributed by atoms with Gasteiger partial charge in [0.15, 0.2) is 0 Å². The summed E-state index contributed by atoms with van der Waals surface area (Å²) >= 11 is 0. The van der Waals surface area contributed by atoms with Crippen molar-refractivity contribution in [1.29, 1.82) is 0 Å². The summed E-state index contributed by atoms with van der Waals surface area (Å²) < 4.78 is 26.0. The number of aliphatic hydroxyl groups excluding tert-OH is 1. The van der Waals surface area contributed by atoms with Crippen molar-refractivity contribution >= 4 is 6.03 Å². The van der Waals surface area contributed by atoms with Crippen LogP contribution in [0.5, 0.6) is 0 Å². The Labute approximate surface area is 133 Å². The molecule has 3 N–H and O–H groups in total. The van der Waals surface area contributed by atoms with Gasteiger partial charge in [-0.05, 0) is 41.8 Å². The molecular formula is C17H18F2N2O2. The predicted octanol–water partition coefficient (Wildman–Crippen LogP) is 2.54. The van der Waals surface area contributed by atoms with Crippen molar-refractivity contribution in [2.24, 2.45) is 0 Å². The number of aliphatic hydroxyl groups is 1. The molecule has 0 aliphatic rings. The smallest absolute Gasteiger partial charge is 0.314 e. The molecule has 2 rings (SSSR count). The number of benzene rings is 2. The van der Waals surface area contributed by atoms with E-state index >= 15 is 0 Å². The van der Waals surface area contributed by atoms with E-state index in [1.165, 1.54) is 30.3 Å². The Morgan fingerprint density at radius 3 is 2.43 bits per heavy atom. The summed E-state index contributed by atoms with van der Waals surface area (Å²) in [6.07, 6.45) is -0.489. The molecule has 122 valence electrons. The molecule has 6 heteroatoms. The van der Waals surface area contributed by atoms with Gasteiger partial charge in [0.1, 0.15) is 11.6 Å². The van der Waals surface area contributed by atoms with Gasteiger partial charge in [0.2, 0.25) is 0 Å². The predicted molar refractivity (Wildman–Crippen MR) is 82.9 cm³/mol. The summed E-state index contributed by atoms with van der Waals surface area (Å²) in [5.74, 6) is -0.758. The Morgan fingerprint density at radius 1 is 1.04 bits per heavy atom. The Hall–Kier alpha value is -2.47. The molecule has 0 bridgehead atoms. The van der Waals surface area contributed by atoms with Gasteiger partial charge in [-0.25, -0.2) is 13.6 Å². The van der Waals surface area contributed by atoms with E-state index in [2.05, 4.69) is 10.6 Å². The zero-order valence-corrected chi connectivity index (χ0v) is 12.4. The molecule has 2 aromatic rings. The van der Waals surface area contributed by atoms with E-state index in [1.54, 1.807) is 18.2 Å². The van der Waals surface area contributed by atoms with Gasteiger partial charge in [0.25, 0.3) is 0 Å². The monoisotopic (exact) mass is 320 g/mol. The van der Waals surface area contributed by atoms with Crippen molar-refractivity contribution in [1.82, 2.24) is 10.6 Å². The maximum Gasteiger partial charge on any atom is 0.314 e. The fraction of sp³-hybridized carbons (Fsp3) is 0.235. The number of carbonyl (C=O) groups is 1. The fourth-order valence-electron chi connectivity index (χ4n) is 2.10. The summed E-state index contributed by atoms with van der Waals surface area (Å²) in [6, 6.07) is 11.3. The molecule has 0 aliphatic heterocycles. The molecule has 2 aromatic carbocycles. The highest BCUT2D eigenvalue weighted by molar-refractivity contribution is 5.73. The highest BCUT2D eigenvalue weighted by atomic mass is 19.1. The topological polar surface area (TPSA) is 61.4 Å². The lowest BCUT2D eigenvalue weighted by molar-refractivity contribution is 0.173. The first kappa shape index (κ1) is 16.9. The minimum atomic E-state index is -0.986. The van der Waals surface area contributed by atoms with Crippen LogP contribution >= 0.6 is 0 Å². The number of rotatable bonds is 6. The first-order chi connectivity index (χ1) is 11.0. The summed E-state index contributed by atoms with van der Waals surface area (Å²) in [5, 5.41) is 15.0. The van der Waals surface area contributed by atoms with Crippen LogP contribution in [0.15, 0.2) is 48.5 Å². The molecule has 4 nitrogen and oxygen atoms in total. The van der Waals surface area contributed by atoms with Crippen LogP contribution in [0.3, 0.4) is 0 Å². The summed E-state index contributed by atoms with van der Waals surface area (Å²) in [5.41, 5.74) is 1.18. The van der Waals surface area contributed by atoms with Crippen molar-refractivity contribution in [3.63, 3.8) is 0 Å². The van der Waals surface area contributed by atoms with Gasteiger partial charge in [-0.1, -0.05) is 24.3 Å². The van der Waals surface area contributed by atoms with Gasteiger partial charge in [-0.3, -0.25) is 0 Å². The molecule has 23 heavy (non-hydrogen) atoms. The SMILES string of the molecule is O=C(NCCc1cccc(F)c1)NC[C@@H](O)c1cccc(F)c1. The molecule has 0 saturated heterocycles. The highest BCUT2D eigenvalue weighted by Crippen LogP contribution is 2.12. The van der Waals surface area contributed by atoms with Crippen molar-refractivity contribution in [2.75, 3.05) is 13.1 Å². The maximum atomic E-state index is 13.0. The van der Waals surface area contributed by atoms with Crippen molar-refractivity contribution < 1.29 is 18.7 Å². The van der Waals surface area contributed by atoms with E-state index in [4.69, 9.17) is 0 Å². The lowest BCUT2D eigenvalue weighted by Crippen LogP contribution is -2.38. The number of amides is 2. The average molecular weight is 320 g/mol. The van der Waals surface area contributed by atoms with Gasteiger partial charge < -0.3 is 15.7 Å². The minimum Gasteiger partial charge on any atom is -0.387 e. The molecule has 0 spiro atoms. The summed E-state index contributed by atoms with van der Waals surface area (Å²) in [6.45, 7) is 0.306. The van der Waals surface area contributed by atoms with E-state index in [0.29, 0.717) is 18.5 Å². The van der Waals surface area contributed by atoms with E-state index in [9.17, 15) is 18.7 Å². The van der Waals surface area contributed by atoms with Crippen molar-refractivity contribution in [3.05, 3.63) is 71.3 Å². The lowest BCUT2D eigenvalue weighted by Gasteiger charge is -2.13. The fourth-order valence-corrected chi connectivity index (χ4v) is 2.10. The third-order valence-electron chi connectivity index (χ3n) is 3.28. The molecule has 0 unspecified atom stereocenters. The number of carbonyl (C=O) groups excluding carboxylic acids is 1. The van der Waals surface area contributed by atoms with Crippen LogP contribution in [0.4, 0.5) is 13.6 Å². The van der Waals surface area contributed by atoms with Crippen LogP contribution in [-0.2, 0) is 6.42 Å². The van der Waals surface area contributed by atoms with Crippen LogP contribution < -0.4 is 10.6 Å². The quantitative estimate of drug-likeness (QED) is 0.766. The highest BCUT2D eigenvalue weighted by Gasteiger charge is 2.10. The largest absolute Gasteiger partial charge is 0.387 e. The second-order valence-corrected chi connectivity index (χ2v) is 5.09. The number of halogens is 2. The minimum absolute atomic E-state index is 0.0325. The molecule has 0 heterocycles. The standard InChI is InChI=1S/C17H18F2N2O2/c18-14-5-1-3-12(9-14)7-8-20-17(23)21-11-16(22)13-4-2-6-15(19)10-13/h1-6,9-10,16,22H,7-8,11H2,(H2,20,21,23)/t16-/m1/s1. The number of hydrogen-bond acceptors (Lipinski definition) is 2. The molecule has 0 fully saturated rings. The van der Waals surface area contributed by atoms with Gasteiger partial charge in [-0.2, -0.15) is 0 Å². The lowest BCUT2D eigenvalue weighted by atomic mass is 10.1. The van der Waals surface area contributed by atoms with E-state index in [1.807, 2.05) is 0 Å². The zero-order valence-electron chi connectivity index (χ0n) is 12.4. The van der Waals surface area contributed by atoms with Crippen LogP contribution in [0.2, 0.25) is 0 Å². The van der Waals surface area contributed by atoms with Crippen LogP contribution in [0, 0.1) is 11.6 Å². The van der Waals surface area contributed by atoms with Crippen molar-refractivity contribution in [2.45, 2.75) is 12.5 Å². The number of hydrogen-bond donors (Lipinski definition) is 3. The second-order valence-electron chi connectivity index (χ2n) is 5.09. The van der Waals surface area contributed by atoms with Crippen LogP contribution in [0.1, 0.15) is 17.2 Å². The Bertz CT molecular complexity index is 665. The zero-order chi connectivity index (χ0) is 16.7. The Kier molecular flexibility index (Phi) is 6.05. The molecule has 0 saturated carbocycles.